The van der Waals surface area contributed by atoms with E-state index in [1.165, 1.54) is 0 Å². The smallest absolute Gasteiger partial charge is 0.0848 e. The molecule has 0 fully saturated rings. The summed E-state index contributed by atoms with van der Waals surface area (Å²) >= 11 is 3.25. The molecule has 0 aliphatic carbocycles. The Morgan fingerprint density at radius 3 is 2.43 bits per heavy atom. The molecule has 1 atom stereocenters. The van der Waals surface area contributed by atoms with Gasteiger partial charge < -0.3 is 0 Å². The topological polar surface area (TPSA) is 19.9 Å². The van der Waals surface area contributed by atoms with Crippen LogP contribution in [0.3, 0.4) is 0 Å². The zero-order chi connectivity index (χ0) is 5.70. The van der Waals surface area contributed by atoms with E-state index >= 15 is 0 Å². The van der Waals surface area contributed by atoms with E-state index in [-0.39, 0.29) is 6.61 Å². The molecule has 0 aromatic carbocycles. The van der Waals surface area contributed by atoms with Crippen molar-refractivity contribution in [3.8, 4) is 0 Å². The lowest BCUT2D eigenvalue weighted by Gasteiger charge is -1.99. The van der Waals surface area contributed by atoms with Gasteiger partial charge in [-0.05, 0) is 12.3 Å². The molecule has 2 heteroatoms. The number of hydrogen-bond donors (Lipinski definition) is 0. The van der Waals surface area contributed by atoms with E-state index in [0.717, 1.165) is 11.8 Å². The monoisotopic (exact) mass is 165 g/mol. The Labute approximate surface area is 52.9 Å². The van der Waals surface area contributed by atoms with Crippen molar-refractivity contribution in [3.63, 3.8) is 0 Å². The zero-order valence-electron chi connectivity index (χ0n) is 4.48. The highest BCUT2D eigenvalue weighted by Crippen LogP contribution is 2.01. The maximum atomic E-state index is 10.00. The third kappa shape index (κ3) is 4.29. The van der Waals surface area contributed by atoms with Gasteiger partial charge in [0.05, 0.1) is 6.61 Å². The average Bonchev–Trinajstić information content (AvgIpc) is 1.68. The van der Waals surface area contributed by atoms with Crippen LogP contribution in [0.25, 0.3) is 0 Å². The van der Waals surface area contributed by atoms with Crippen molar-refractivity contribution in [2.24, 2.45) is 5.92 Å². The Balaban J connectivity index is 2.83. The molecule has 0 aliphatic rings. The minimum atomic E-state index is 0.0611. The molecule has 0 heterocycles. The van der Waals surface area contributed by atoms with Crippen LogP contribution in [0.4, 0.5) is 0 Å². The molecular weight excluding hydrogens is 156 g/mol. The van der Waals surface area contributed by atoms with Gasteiger partial charge in [-0.2, -0.15) is 0 Å². The molecule has 0 N–H and O–H groups in total. The van der Waals surface area contributed by atoms with Crippen LogP contribution >= 0.6 is 15.9 Å². The lowest BCUT2D eigenvalue weighted by atomic mass is 10.1. The fourth-order valence-electron chi connectivity index (χ4n) is 0.270. The first kappa shape index (κ1) is 7.44. The zero-order valence-corrected chi connectivity index (χ0v) is 6.07. The molecule has 0 bridgehead atoms. The number of halogens is 1. The van der Waals surface area contributed by atoms with Crippen molar-refractivity contribution in [2.45, 2.75) is 13.3 Å². The van der Waals surface area contributed by atoms with E-state index in [9.17, 15) is 5.11 Å². The summed E-state index contributed by atoms with van der Waals surface area (Å²) in [5, 5.41) is 11.0. The SMILES string of the molecule is CC(C[O])CCBr. The molecule has 0 aromatic heterocycles. The first-order valence-electron chi connectivity index (χ1n) is 2.45. The maximum Gasteiger partial charge on any atom is 0.0848 e. The Kier molecular flexibility index (Phi) is 4.88. The Morgan fingerprint density at radius 1 is 1.71 bits per heavy atom. The highest BCUT2D eigenvalue weighted by atomic mass is 79.9. The molecule has 0 saturated carbocycles. The molecule has 0 rings (SSSR count). The van der Waals surface area contributed by atoms with Gasteiger partial charge in [-0.15, -0.1) is 0 Å². The van der Waals surface area contributed by atoms with Gasteiger partial charge in [-0.3, -0.25) is 0 Å². The Hall–Kier alpha value is 0.440. The quantitative estimate of drug-likeness (QED) is 0.570. The summed E-state index contributed by atoms with van der Waals surface area (Å²) in [4.78, 5) is 0. The highest BCUT2D eigenvalue weighted by Gasteiger charge is 1.96. The van der Waals surface area contributed by atoms with Crippen LogP contribution in [0.15, 0.2) is 0 Å². The summed E-state index contributed by atoms with van der Waals surface area (Å²) in [6, 6.07) is 0. The second-order valence-electron chi connectivity index (χ2n) is 1.75. The van der Waals surface area contributed by atoms with Crippen LogP contribution < -0.4 is 0 Å². The second kappa shape index (κ2) is 4.60. The van der Waals surface area contributed by atoms with Gasteiger partial charge in [0, 0.05) is 5.33 Å². The van der Waals surface area contributed by atoms with Crippen LogP contribution in [0.2, 0.25) is 0 Å². The largest absolute Gasteiger partial charge is 0.236 e. The predicted molar refractivity (Wildman–Crippen MR) is 33.1 cm³/mol. The van der Waals surface area contributed by atoms with Gasteiger partial charge in [0.25, 0.3) is 0 Å². The molecule has 0 aliphatic heterocycles. The van der Waals surface area contributed by atoms with E-state index in [1.807, 2.05) is 6.92 Å². The molecular formula is C5H10BrO. The lowest BCUT2D eigenvalue weighted by Crippen LogP contribution is -1.98. The van der Waals surface area contributed by atoms with Crippen LogP contribution in [0.1, 0.15) is 13.3 Å². The summed E-state index contributed by atoms with van der Waals surface area (Å²) in [5.41, 5.74) is 0. The van der Waals surface area contributed by atoms with Crippen LogP contribution in [0.5, 0.6) is 0 Å². The summed E-state index contributed by atoms with van der Waals surface area (Å²) in [7, 11) is 0. The average molecular weight is 166 g/mol. The van der Waals surface area contributed by atoms with Crippen molar-refractivity contribution in [2.75, 3.05) is 11.9 Å². The van der Waals surface area contributed by atoms with Crippen molar-refractivity contribution < 1.29 is 5.11 Å². The number of alkyl halides is 1. The summed E-state index contributed by atoms with van der Waals surface area (Å²) in [6.07, 6.45) is 1.00. The lowest BCUT2D eigenvalue weighted by molar-refractivity contribution is 0.150. The molecule has 43 valence electrons. The maximum absolute atomic E-state index is 10.00. The van der Waals surface area contributed by atoms with E-state index in [0.29, 0.717) is 5.92 Å². The van der Waals surface area contributed by atoms with Crippen LogP contribution in [0, 0.1) is 5.92 Å². The summed E-state index contributed by atoms with van der Waals surface area (Å²) in [6.45, 7) is 2.03. The van der Waals surface area contributed by atoms with E-state index in [1.54, 1.807) is 0 Å². The standard InChI is InChI=1S/C5H10BrO/c1-5(4-7)2-3-6/h5H,2-4H2,1H3. The number of rotatable bonds is 3. The molecule has 1 radical (unpaired) electrons. The molecule has 1 unspecified atom stereocenters. The molecule has 0 spiro atoms. The number of hydrogen-bond acceptors (Lipinski definition) is 0. The van der Waals surface area contributed by atoms with Crippen LogP contribution in [-0.2, 0) is 5.11 Å². The summed E-state index contributed by atoms with van der Waals surface area (Å²) in [5.74, 6) is 0.347. The van der Waals surface area contributed by atoms with E-state index < -0.39 is 0 Å². The molecule has 0 aromatic rings. The van der Waals surface area contributed by atoms with Gasteiger partial charge in [0.15, 0.2) is 0 Å². The highest BCUT2D eigenvalue weighted by molar-refractivity contribution is 9.09. The van der Waals surface area contributed by atoms with Crippen molar-refractivity contribution in [1.29, 1.82) is 0 Å². The second-order valence-corrected chi connectivity index (χ2v) is 2.54. The van der Waals surface area contributed by atoms with Gasteiger partial charge in [-0.25, -0.2) is 5.11 Å². The Bertz CT molecular complexity index is 39.1. The summed E-state index contributed by atoms with van der Waals surface area (Å²) < 4.78 is 0. The predicted octanol–water partition coefficient (Wildman–Crippen LogP) is 1.84. The van der Waals surface area contributed by atoms with Crippen molar-refractivity contribution in [1.82, 2.24) is 0 Å². The molecule has 0 amide bonds. The van der Waals surface area contributed by atoms with Gasteiger partial charge >= 0.3 is 0 Å². The minimum Gasteiger partial charge on any atom is -0.236 e. The normalized spacial score (nSPS) is 14.1. The molecule has 7 heavy (non-hydrogen) atoms. The minimum absolute atomic E-state index is 0.0611. The van der Waals surface area contributed by atoms with Crippen molar-refractivity contribution in [3.05, 3.63) is 0 Å². The van der Waals surface area contributed by atoms with Crippen molar-refractivity contribution >= 4 is 15.9 Å². The molecule has 0 saturated heterocycles. The van der Waals surface area contributed by atoms with Gasteiger partial charge in [0.1, 0.15) is 0 Å². The third-order valence-corrected chi connectivity index (χ3v) is 1.34. The van der Waals surface area contributed by atoms with E-state index in [2.05, 4.69) is 15.9 Å². The Morgan fingerprint density at radius 2 is 2.29 bits per heavy atom. The van der Waals surface area contributed by atoms with Gasteiger partial charge in [0.2, 0.25) is 0 Å². The first-order chi connectivity index (χ1) is 3.31. The fraction of sp³-hybridized carbons (Fsp3) is 1.00. The van der Waals surface area contributed by atoms with E-state index in [4.69, 9.17) is 0 Å². The molecule has 1 nitrogen and oxygen atoms in total. The van der Waals surface area contributed by atoms with Crippen LogP contribution in [-0.4, -0.2) is 11.9 Å². The third-order valence-electron chi connectivity index (χ3n) is 0.886. The van der Waals surface area contributed by atoms with Gasteiger partial charge in [-0.1, -0.05) is 22.9 Å². The first-order valence-corrected chi connectivity index (χ1v) is 3.57. The fourth-order valence-corrected chi connectivity index (χ4v) is 1.05.